The third-order valence-corrected chi connectivity index (χ3v) is 0.512. The second-order valence-electron chi connectivity index (χ2n) is 1.08. The van der Waals surface area contributed by atoms with E-state index >= 15 is 0 Å². The van der Waals surface area contributed by atoms with E-state index in [4.69, 9.17) is 5.11 Å². The number of aliphatic hydroxyl groups is 1. The van der Waals surface area contributed by atoms with Crippen LogP contribution in [0, 0.1) is 0 Å². The zero-order chi connectivity index (χ0) is 4.12. The first kappa shape index (κ1) is 9.82. The average Bonchev–Trinajstić information content (AvgIpc) is 1.41. The molecule has 0 saturated carbocycles. The Kier molecular flexibility index (Phi) is 15.0. The fourth-order valence-electron chi connectivity index (χ4n) is 0.158. The molecule has 0 amide bonds. The molecular weight excluding hydrogens is 248 g/mol. The number of aliphatic hydroxyl groups excluding tert-OH is 1. The van der Waals surface area contributed by atoms with Crippen LogP contribution in [0.3, 0.4) is 0 Å². The van der Waals surface area contributed by atoms with E-state index in [1.165, 1.54) is 0 Å². The number of hydrogen-bond donors (Lipinski definition) is 1. The summed E-state index contributed by atoms with van der Waals surface area (Å²) in [7, 11) is 0. The molecule has 0 radical (unpaired) electrons. The van der Waals surface area contributed by atoms with E-state index in [2.05, 4.69) is 6.92 Å². The molecule has 0 spiro atoms. The number of rotatable bonds is 2. The van der Waals surface area contributed by atoms with Crippen LogP contribution in [0.15, 0.2) is 0 Å². The number of unbranched alkanes of at least 4 members (excludes halogenated alkanes) is 1. The second-order valence-corrected chi connectivity index (χ2v) is 1.08. The van der Waals surface area contributed by atoms with Crippen molar-refractivity contribution in [3.8, 4) is 0 Å². The summed E-state index contributed by atoms with van der Waals surface area (Å²) in [5, 5.41) is 8.07. The van der Waals surface area contributed by atoms with E-state index in [1.807, 2.05) is 0 Å². The Labute approximate surface area is 53.0 Å². The first-order valence-corrected chi connectivity index (χ1v) is 2.02. The molecule has 0 heterocycles. The van der Waals surface area contributed by atoms with E-state index in [1.54, 1.807) is 0 Å². The van der Waals surface area contributed by atoms with Gasteiger partial charge in [0.15, 0.2) is 0 Å². The summed E-state index contributed by atoms with van der Waals surface area (Å²) in [6.45, 7) is 2.40. The predicted octanol–water partition coefficient (Wildman–Crippen LogP) is 0.776. The van der Waals surface area contributed by atoms with E-state index in [-0.39, 0.29) is 21.1 Å². The van der Waals surface area contributed by atoms with Crippen LogP contribution in [0.1, 0.15) is 19.8 Å². The van der Waals surface area contributed by atoms with Gasteiger partial charge in [-0.1, -0.05) is 13.3 Å². The average molecular weight is 258 g/mol. The molecule has 1 nitrogen and oxygen atoms in total. The summed E-state index contributed by atoms with van der Waals surface area (Å²) in [4.78, 5) is 0. The fourth-order valence-corrected chi connectivity index (χ4v) is 0.158. The van der Waals surface area contributed by atoms with E-state index < -0.39 is 0 Å². The molecule has 0 aromatic rings. The van der Waals surface area contributed by atoms with Crippen molar-refractivity contribution in [3.63, 3.8) is 0 Å². The van der Waals surface area contributed by atoms with Gasteiger partial charge < -0.3 is 5.11 Å². The van der Waals surface area contributed by atoms with Gasteiger partial charge in [0.1, 0.15) is 0 Å². The molecule has 0 aliphatic heterocycles. The zero-order valence-electron chi connectivity index (χ0n) is 3.98. The van der Waals surface area contributed by atoms with Gasteiger partial charge in [-0.25, -0.2) is 0 Å². The molecule has 6 heavy (non-hydrogen) atoms. The summed E-state index contributed by atoms with van der Waals surface area (Å²) in [5.41, 5.74) is 0. The molecular formula is C4H10OW. The monoisotopic (exact) mass is 258 g/mol. The van der Waals surface area contributed by atoms with Gasteiger partial charge in [-0.15, -0.1) is 0 Å². The van der Waals surface area contributed by atoms with Crippen molar-refractivity contribution >= 4 is 0 Å². The molecule has 0 saturated heterocycles. The normalized spacial score (nSPS) is 7.00. The maximum atomic E-state index is 8.07. The third kappa shape index (κ3) is 8.82. The van der Waals surface area contributed by atoms with Crippen molar-refractivity contribution in [1.82, 2.24) is 0 Å². The van der Waals surface area contributed by atoms with Gasteiger partial charge in [-0.3, -0.25) is 0 Å². The molecule has 0 bridgehead atoms. The van der Waals surface area contributed by atoms with Crippen LogP contribution < -0.4 is 0 Å². The van der Waals surface area contributed by atoms with Crippen molar-refractivity contribution in [1.29, 1.82) is 0 Å². The molecule has 38 valence electrons. The maximum Gasteiger partial charge on any atom is 0.0430 e. The second kappa shape index (κ2) is 9.17. The Balaban J connectivity index is 0. The first-order valence-electron chi connectivity index (χ1n) is 2.02. The minimum atomic E-state index is 0. The summed E-state index contributed by atoms with van der Waals surface area (Å²) in [6, 6.07) is 0. The van der Waals surface area contributed by atoms with Crippen LogP contribution >= 0.6 is 0 Å². The summed E-state index contributed by atoms with van der Waals surface area (Å²) >= 11 is 0. The largest absolute Gasteiger partial charge is 0.396 e. The van der Waals surface area contributed by atoms with E-state index in [9.17, 15) is 0 Å². The third-order valence-electron chi connectivity index (χ3n) is 0.512. The first-order chi connectivity index (χ1) is 2.41. The molecule has 0 aromatic heterocycles. The van der Waals surface area contributed by atoms with Gasteiger partial charge in [0.25, 0.3) is 0 Å². The Morgan fingerprint density at radius 1 is 1.50 bits per heavy atom. The van der Waals surface area contributed by atoms with Crippen LogP contribution in [0.25, 0.3) is 0 Å². The van der Waals surface area contributed by atoms with Crippen LogP contribution in [0.2, 0.25) is 0 Å². The maximum absolute atomic E-state index is 8.07. The minimum absolute atomic E-state index is 0. The van der Waals surface area contributed by atoms with Crippen LogP contribution in [0.4, 0.5) is 0 Å². The van der Waals surface area contributed by atoms with E-state index in [0.29, 0.717) is 6.61 Å². The van der Waals surface area contributed by atoms with Gasteiger partial charge in [0.2, 0.25) is 0 Å². The van der Waals surface area contributed by atoms with Gasteiger partial charge in [-0.05, 0) is 6.42 Å². The smallest absolute Gasteiger partial charge is 0.0430 e. The predicted molar refractivity (Wildman–Crippen MR) is 22.0 cm³/mol. The molecule has 0 fully saturated rings. The van der Waals surface area contributed by atoms with E-state index in [0.717, 1.165) is 12.8 Å². The molecule has 2 heteroatoms. The van der Waals surface area contributed by atoms with Crippen molar-refractivity contribution in [3.05, 3.63) is 0 Å². The topological polar surface area (TPSA) is 20.2 Å². The summed E-state index contributed by atoms with van der Waals surface area (Å²) in [6.07, 6.45) is 2.04. The minimum Gasteiger partial charge on any atom is -0.396 e. The summed E-state index contributed by atoms with van der Waals surface area (Å²) < 4.78 is 0. The molecule has 0 aliphatic carbocycles. The quantitative estimate of drug-likeness (QED) is 0.775. The van der Waals surface area contributed by atoms with Crippen molar-refractivity contribution < 1.29 is 26.2 Å². The molecule has 0 aliphatic rings. The van der Waals surface area contributed by atoms with Crippen LogP contribution in [0.5, 0.6) is 0 Å². The standard InChI is InChI=1S/C4H10O.W/c1-2-3-4-5;/h5H,2-4H2,1H3;. The SMILES string of the molecule is CCCCO.[W]. The molecule has 0 aromatic carbocycles. The van der Waals surface area contributed by atoms with Gasteiger partial charge in [0, 0.05) is 27.7 Å². The van der Waals surface area contributed by atoms with Crippen molar-refractivity contribution in [2.45, 2.75) is 19.8 Å². The molecule has 1 N–H and O–H groups in total. The number of hydrogen-bond acceptors (Lipinski definition) is 1. The Morgan fingerprint density at radius 3 is 2.00 bits per heavy atom. The Morgan fingerprint density at radius 2 is 2.00 bits per heavy atom. The molecule has 0 unspecified atom stereocenters. The fraction of sp³-hybridized carbons (Fsp3) is 1.00. The summed E-state index contributed by atoms with van der Waals surface area (Å²) in [5.74, 6) is 0. The van der Waals surface area contributed by atoms with Crippen LogP contribution in [-0.2, 0) is 21.1 Å². The van der Waals surface area contributed by atoms with Gasteiger partial charge in [0.05, 0.1) is 0 Å². The van der Waals surface area contributed by atoms with Crippen LogP contribution in [-0.4, -0.2) is 11.7 Å². The van der Waals surface area contributed by atoms with Gasteiger partial charge in [-0.2, -0.15) is 0 Å². The van der Waals surface area contributed by atoms with Gasteiger partial charge >= 0.3 is 0 Å². The molecule has 0 atom stereocenters. The van der Waals surface area contributed by atoms with Crippen molar-refractivity contribution in [2.24, 2.45) is 0 Å². The molecule has 0 rings (SSSR count). The van der Waals surface area contributed by atoms with Crippen molar-refractivity contribution in [2.75, 3.05) is 6.61 Å². The Hall–Kier alpha value is 0.648. The Bertz CT molecular complexity index is 15.0. The zero-order valence-corrected chi connectivity index (χ0v) is 6.91.